The van der Waals surface area contributed by atoms with Gasteiger partial charge in [0.2, 0.25) is 5.95 Å². The number of benzene rings is 1. The second-order valence-electron chi connectivity index (χ2n) is 9.05. The maximum absolute atomic E-state index is 12.9. The highest BCUT2D eigenvalue weighted by atomic mass is 31.3. The van der Waals surface area contributed by atoms with E-state index in [2.05, 4.69) is 23.6 Å². The van der Waals surface area contributed by atoms with Crippen molar-refractivity contribution in [1.82, 2.24) is 19.5 Å². The predicted octanol–water partition coefficient (Wildman–Crippen LogP) is 1.78. The number of unbranched alkanes of at least 4 members (excludes halogenated alkanes) is 1. The van der Waals surface area contributed by atoms with Gasteiger partial charge >= 0.3 is 23.5 Å². The van der Waals surface area contributed by atoms with Gasteiger partial charge in [-0.15, -0.1) is 0 Å². The minimum atomic E-state index is -5.82. The van der Waals surface area contributed by atoms with Gasteiger partial charge in [-0.1, -0.05) is 37.6 Å². The molecule has 0 bridgehead atoms. The van der Waals surface area contributed by atoms with Crippen molar-refractivity contribution in [2.45, 2.75) is 57.1 Å². The van der Waals surface area contributed by atoms with Crippen LogP contribution in [0.25, 0.3) is 11.2 Å². The third-order valence-electron chi connectivity index (χ3n) is 6.02. The van der Waals surface area contributed by atoms with Crippen molar-refractivity contribution in [3.8, 4) is 0 Å². The molecular weight excluding hydrogens is 611 g/mol. The number of hydrogen-bond acceptors (Lipinski definition) is 12. The number of nitrogen functional groups attached to an aromatic ring is 1. The summed E-state index contributed by atoms with van der Waals surface area (Å²) >= 11 is 0. The highest BCUT2D eigenvalue weighted by Gasteiger charge is 2.48. The molecule has 0 amide bonds. The van der Waals surface area contributed by atoms with Crippen LogP contribution in [0.5, 0.6) is 0 Å². The number of ether oxygens (including phenoxy) is 1. The number of hydrogen-bond donors (Lipinski definition) is 7. The number of aliphatic hydroxyl groups is 1. The van der Waals surface area contributed by atoms with E-state index in [0.29, 0.717) is 18.4 Å². The number of nitrogens with one attached hydrogen (secondary N) is 1. The molecule has 6 atom stereocenters. The number of imidazole rings is 1. The van der Waals surface area contributed by atoms with Crippen LogP contribution in [0.2, 0.25) is 0 Å². The van der Waals surface area contributed by atoms with Gasteiger partial charge in [-0.2, -0.15) is 13.6 Å². The molecule has 21 heteroatoms. The Hall–Kier alpha value is -2.30. The summed E-state index contributed by atoms with van der Waals surface area (Å²) in [4.78, 5) is 60.2. The first-order chi connectivity index (χ1) is 19.1. The fourth-order valence-corrected chi connectivity index (χ4v) is 7.60. The molecule has 2 aromatic heterocycles. The molecule has 18 nitrogen and oxygen atoms in total. The van der Waals surface area contributed by atoms with Gasteiger partial charge in [-0.05, 0) is 24.0 Å². The number of nitrogens with zero attached hydrogens (tertiary/aromatic N) is 3. The average molecular weight is 639 g/mol. The molecule has 226 valence electrons. The number of rotatable bonds is 12. The zero-order valence-corrected chi connectivity index (χ0v) is 24.0. The van der Waals surface area contributed by atoms with Gasteiger partial charge in [-0.3, -0.25) is 18.9 Å². The molecule has 41 heavy (non-hydrogen) atoms. The van der Waals surface area contributed by atoms with Crippen molar-refractivity contribution in [2.24, 2.45) is 0 Å². The summed E-state index contributed by atoms with van der Waals surface area (Å²) in [6.07, 6.45) is -2.36. The fraction of sp³-hybridized carbons (Fsp3) is 0.450. The Balaban J connectivity index is 1.71. The Kier molecular flexibility index (Phi) is 9.36. The van der Waals surface area contributed by atoms with Gasteiger partial charge in [-0.25, -0.2) is 18.7 Å². The molecule has 0 aliphatic carbocycles. The SMILES string of the molecule is CCCCc1ccccc1C(OP(=O)(O)OP(=O)(O)OP(=O)(O)O)[C@H]1O[C@@H](n2cnc3c(=O)[nH]c(N)nc32)C[C@@H]1O. The van der Waals surface area contributed by atoms with Crippen LogP contribution >= 0.6 is 23.5 Å². The molecule has 0 spiro atoms. The van der Waals surface area contributed by atoms with Gasteiger partial charge in [0.05, 0.1) is 12.4 Å². The van der Waals surface area contributed by atoms with Gasteiger partial charge in [0.25, 0.3) is 5.56 Å². The van der Waals surface area contributed by atoms with Crippen LogP contribution in [0.3, 0.4) is 0 Å². The van der Waals surface area contributed by atoms with E-state index in [-0.39, 0.29) is 29.1 Å². The lowest BCUT2D eigenvalue weighted by Crippen LogP contribution is -2.31. The standard InChI is InChI=1S/C20H28N5O13P3/c1-2-3-6-11-7-4-5-8-12(11)16(36-40(31,32)38-41(33,34)37-39(28,29)30)17-13(26)9-14(35-17)25-10-22-15-18(25)23-20(21)24-19(15)27/h4-5,7-8,10,13-14,16-17,26H,2-3,6,9H2,1H3,(H,31,32)(H,33,34)(H2,28,29,30)(H3,21,23,24,27)/t13-,14+,16?,17-/m0/s1. The van der Waals surface area contributed by atoms with Crippen LogP contribution in [0, 0.1) is 0 Å². The molecule has 8 N–H and O–H groups in total. The number of fused-ring (bicyclic) bond motifs is 1. The Bertz CT molecular complexity index is 1610. The number of aryl methyl sites for hydroxylation is 1. The van der Waals surface area contributed by atoms with Crippen molar-refractivity contribution >= 4 is 40.6 Å². The topological polar surface area (TPSA) is 279 Å². The fourth-order valence-electron chi connectivity index (χ4n) is 4.42. The Labute approximate surface area is 231 Å². The minimum absolute atomic E-state index is 0.0388. The molecule has 1 aliphatic rings. The predicted molar refractivity (Wildman–Crippen MR) is 140 cm³/mol. The first-order valence-corrected chi connectivity index (χ1v) is 16.6. The lowest BCUT2D eigenvalue weighted by molar-refractivity contribution is -0.0803. The monoisotopic (exact) mass is 639 g/mol. The average Bonchev–Trinajstić information content (AvgIpc) is 3.42. The number of aromatic amines is 1. The van der Waals surface area contributed by atoms with Crippen molar-refractivity contribution in [3.63, 3.8) is 0 Å². The van der Waals surface area contributed by atoms with E-state index in [9.17, 15) is 33.4 Å². The van der Waals surface area contributed by atoms with E-state index in [1.165, 1.54) is 17.0 Å². The van der Waals surface area contributed by atoms with Gasteiger partial charge in [0, 0.05) is 6.42 Å². The van der Waals surface area contributed by atoms with Crippen molar-refractivity contribution < 1.29 is 56.3 Å². The lowest BCUT2D eigenvalue weighted by Gasteiger charge is -2.29. The molecule has 4 rings (SSSR count). The number of nitrogens with two attached hydrogens (primary N) is 1. The smallest absolute Gasteiger partial charge is 0.390 e. The number of aliphatic hydroxyl groups excluding tert-OH is 1. The number of H-pyrrole nitrogens is 1. The summed E-state index contributed by atoms with van der Waals surface area (Å²) in [6, 6.07) is 6.52. The summed E-state index contributed by atoms with van der Waals surface area (Å²) in [5.74, 6) is -0.199. The quantitative estimate of drug-likeness (QED) is 0.139. The molecule has 0 radical (unpaired) electrons. The van der Waals surface area contributed by atoms with Crippen LogP contribution in [0.15, 0.2) is 35.4 Å². The van der Waals surface area contributed by atoms with E-state index >= 15 is 0 Å². The van der Waals surface area contributed by atoms with Crippen molar-refractivity contribution in [3.05, 3.63) is 52.1 Å². The number of phosphoric acid groups is 3. The molecule has 3 unspecified atom stereocenters. The summed E-state index contributed by atoms with van der Waals surface area (Å²) in [5.41, 5.74) is 5.91. The number of phosphoric ester groups is 1. The Morgan fingerprint density at radius 2 is 1.88 bits per heavy atom. The highest BCUT2D eigenvalue weighted by Crippen LogP contribution is 2.67. The molecule has 1 aliphatic heterocycles. The summed E-state index contributed by atoms with van der Waals surface area (Å²) < 4.78 is 56.2. The zero-order chi connectivity index (χ0) is 30.2. The van der Waals surface area contributed by atoms with Crippen LogP contribution in [0.4, 0.5) is 5.95 Å². The van der Waals surface area contributed by atoms with Gasteiger partial charge in [0.15, 0.2) is 11.2 Å². The van der Waals surface area contributed by atoms with Crippen molar-refractivity contribution in [1.29, 1.82) is 0 Å². The summed E-state index contributed by atoms with van der Waals surface area (Å²) in [7, 11) is -17.1. The molecule has 1 fully saturated rings. The Morgan fingerprint density at radius 1 is 1.17 bits per heavy atom. The first-order valence-electron chi connectivity index (χ1n) is 12.0. The van der Waals surface area contributed by atoms with E-state index in [1.54, 1.807) is 18.2 Å². The van der Waals surface area contributed by atoms with Crippen LogP contribution in [0.1, 0.15) is 49.6 Å². The molecular formula is C20H28N5O13P3. The maximum atomic E-state index is 12.9. The normalized spacial score (nSPS) is 23.3. The van der Waals surface area contributed by atoms with Crippen LogP contribution in [-0.2, 0) is 38.0 Å². The second-order valence-corrected chi connectivity index (χ2v) is 13.4. The van der Waals surface area contributed by atoms with Crippen LogP contribution < -0.4 is 11.3 Å². The van der Waals surface area contributed by atoms with Gasteiger partial charge in [0.1, 0.15) is 18.4 Å². The number of aromatic nitrogens is 4. The van der Waals surface area contributed by atoms with E-state index in [4.69, 9.17) is 24.8 Å². The van der Waals surface area contributed by atoms with E-state index in [1.807, 2.05) is 6.92 Å². The zero-order valence-electron chi connectivity index (χ0n) is 21.3. The summed E-state index contributed by atoms with van der Waals surface area (Å²) in [5, 5.41) is 11.0. The third-order valence-corrected chi connectivity index (χ3v) is 9.84. The molecule has 1 aromatic carbocycles. The van der Waals surface area contributed by atoms with E-state index in [0.717, 1.165) is 6.42 Å². The molecule has 1 saturated heterocycles. The van der Waals surface area contributed by atoms with Crippen LogP contribution in [-0.4, -0.2) is 56.4 Å². The van der Waals surface area contributed by atoms with Gasteiger partial charge < -0.3 is 35.2 Å². The lowest BCUT2D eigenvalue weighted by atomic mass is 9.93. The Morgan fingerprint density at radius 3 is 2.56 bits per heavy atom. The van der Waals surface area contributed by atoms with E-state index < -0.39 is 53.6 Å². The number of anilines is 1. The third kappa shape index (κ3) is 7.76. The first kappa shape index (κ1) is 31.6. The van der Waals surface area contributed by atoms with Crippen molar-refractivity contribution in [2.75, 3.05) is 5.73 Å². The second kappa shape index (κ2) is 12.1. The molecule has 3 heterocycles. The maximum Gasteiger partial charge on any atom is 0.490 e. The largest absolute Gasteiger partial charge is 0.490 e. The molecule has 3 aromatic rings. The minimum Gasteiger partial charge on any atom is -0.390 e. The summed E-state index contributed by atoms with van der Waals surface area (Å²) in [6.45, 7) is 1.95. The highest BCUT2D eigenvalue weighted by molar-refractivity contribution is 7.66. The molecule has 0 saturated carbocycles.